The summed E-state index contributed by atoms with van der Waals surface area (Å²) in [7, 11) is 0. The van der Waals surface area contributed by atoms with Crippen LogP contribution in [-0.4, -0.2) is 19.3 Å². The van der Waals surface area contributed by atoms with Crippen molar-refractivity contribution in [1.82, 2.24) is 10.6 Å². The molecule has 0 saturated heterocycles. The fourth-order valence-corrected chi connectivity index (χ4v) is 0.906. The van der Waals surface area contributed by atoms with Crippen molar-refractivity contribution in [2.45, 2.75) is 39.7 Å². The summed E-state index contributed by atoms with van der Waals surface area (Å²) >= 11 is 0. The number of hydrogen-bond acceptors (Lipinski definition) is 2. The third-order valence-corrected chi connectivity index (χ3v) is 1.55. The van der Waals surface area contributed by atoms with Crippen LogP contribution in [0.5, 0.6) is 0 Å². The van der Waals surface area contributed by atoms with Crippen molar-refractivity contribution in [2.75, 3.05) is 13.2 Å². The zero-order valence-corrected chi connectivity index (χ0v) is 7.41. The highest BCUT2D eigenvalue weighted by molar-refractivity contribution is 4.57. The fraction of sp³-hybridized carbons (Fsp3) is 1.00. The van der Waals surface area contributed by atoms with Gasteiger partial charge in [-0.3, -0.25) is 0 Å². The van der Waals surface area contributed by atoms with Crippen LogP contribution in [0.4, 0.5) is 0 Å². The number of rotatable bonds is 6. The largest absolute Gasteiger partial charge is 0.305 e. The average molecular weight is 144 g/mol. The quantitative estimate of drug-likeness (QED) is 0.434. The first-order valence-corrected chi connectivity index (χ1v) is 4.25. The molecule has 0 radical (unpaired) electrons. The molecule has 10 heavy (non-hydrogen) atoms. The maximum absolute atomic E-state index is 3.37. The molecular weight excluding hydrogens is 124 g/mol. The molecular formula is C8H20N2. The van der Waals surface area contributed by atoms with Gasteiger partial charge >= 0.3 is 0 Å². The van der Waals surface area contributed by atoms with Crippen LogP contribution in [-0.2, 0) is 0 Å². The number of nitrogens with one attached hydrogen (secondary N) is 2. The second kappa shape index (κ2) is 7.03. The summed E-state index contributed by atoms with van der Waals surface area (Å²) in [6, 6.07) is 0.657. The van der Waals surface area contributed by atoms with Gasteiger partial charge in [-0.25, -0.2) is 0 Å². The molecule has 0 aliphatic rings. The SMILES string of the molecule is CCCC(C)NCNCC. The molecule has 0 aliphatic carbocycles. The van der Waals surface area contributed by atoms with E-state index in [9.17, 15) is 0 Å². The Morgan fingerprint density at radius 1 is 1.30 bits per heavy atom. The van der Waals surface area contributed by atoms with Crippen LogP contribution in [0.1, 0.15) is 33.6 Å². The van der Waals surface area contributed by atoms with E-state index >= 15 is 0 Å². The van der Waals surface area contributed by atoms with Crippen molar-refractivity contribution < 1.29 is 0 Å². The summed E-state index contributed by atoms with van der Waals surface area (Å²) in [6.07, 6.45) is 2.53. The lowest BCUT2D eigenvalue weighted by Crippen LogP contribution is -2.35. The highest BCUT2D eigenvalue weighted by atomic mass is 15.1. The summed E-state index contributed by atoms with van der Waals surface area (Å²) in [5.74, 6) is 0. The van der Waals surface area contributed by atoms with E-state index in [0.717, 1.165) is 13.2 Å². The molecule has 0 aliphatic heterocycles. The second-order valence-electron chi connectivity index (χ2n) is 2.67. The molecule has 0 saturated carbocycles. The molecule has 0 fully saturated rings. The van der Waals surface area contributed by atoms with E-state index in [1.807, 2.05) is 0 Å². The molecule has 0 aromatic rings. The number of hydrogen-bond donors (Lipinski definition) is 2. The lowest BCUT2D eigenvalue weighted by molar-refractivity contribution is 0.481. The minimum Gasteiger partial charge on any atom is -0.305 e. The average Bonchev–Trinajstić information content (AvgIpc) is 1.89. The molecule has 0 bridgehead atoms. The summed E-state index contributed by atoms with van der Waals surface area (Å²) in [5, 5.41) is 6.60. The van der Waals surface area contributed by atoms with Crippen molar-refractivity contribution in [2.24, 2.45) is 0 Å². The highest BCUT2D eigenvalue weighted by Gasteiger charge is 1.95. The van der Waals surface area contributed by atoms with Gasteiger partial charge in [-0.15, -0.1) is 0 Å². The van der Waals surface area contributed by atoms with E-state index in [2.05, 4.69) is 31.4 Å². The summed E-state index contributed by atoms with van der Waals surface area (Å²) < 4.78 is 0. The minimum absolute atomic E-state index is 0.657. The Morgan fingerprint density at radius 3 is 2.50 bits per heavy atom. The van der Waals surface area contributed by atoms with E-state index in [4.69, 9.17) is 0 Å². The van der Waals surface area contributed by atoms with Gasteiger partial charge in [0.05, 0.1) is 0 Å². The van der Waals surface area contributed by atoms with Crippen LogP contribution < -0.4 is 10.6 Å². The maximum Gasteiger partial charge on any atom is 0.0456 e. The molecule has 0 aromatic heterocycles. The predicted octanol–water partition coefficient (Wildman–Crippen LogP) is 1.33. The molecule has 2 nitrogen and oxygen atoms in total. The summed E-state index contributed by atoms with van der Waals surface area (Å²) in [6.45, 7) is 8.54. The lowest BCUT2D eigenvalue weighted by atomic mass is 10.2. The molecule has 0 heterocycles. The van der Waals surface area contributed by atoms with Gasteiger partial charge in [-0.05, 0) is 19.9 Å². The smallest absolute Gasteiger partial charge is 0.0456 e. The third-order valence-electron chi connectivity index (χ3n) is 1.55. The standard InChI is InChI=1S/C8H20N2/c1-4-6-8(3)10-7-9-5-2/h8-10H,4-7H2,1-3H3. The van der Waals surface area contributed by atoms with Gasteiger partial charge in [0.1, 0.15) is 0 Å². The molecule has 0 aromatic carbocycles. The minimum atomic E-state index is 0.657. The van der Waals surface area contributed by atoms with Gasteiger partial charge in [0.2, 0.25) is 0 Å². The van der Waals surface area contributed by atoms with Crippen molar-refractivity contribution in [3.05, 3.63) is 0 Å². The van der Waals surface area contributed by atoms with Gasteiger partial charge < -0.3 is 10.6 Å². The Hall–Kier alpha value is -0.0800. The third kappa shape index (κ3) is 6.05. The highest BCUT2D eigenvalue weighted by Crippen LogP contribution is 1.92. The molecule has 1 unspecified atom stereocenters. The first-order chi connectivity index (χ1) is 4.81. The molecule has 0 rings (SSSR count). The lowest BCUT2D eigenvalue weighted by Gasteiger charge is -2.11. The monoisotopic (exact) mass is 144 g/mol. The van der Waals surface area contributed by atoms with E-state index in [-0.39, 0.29) is 0 Å². The van der Waals surface area contributed by atoms with Crippen LogP contribution in [0, 0.1) is 0 Å². The van der Waals surface area contributed by atoms with Crippen molar-refractivity contribution in [1.29, 1.82) is 0 Å². The van der Waals surface area contributed by atoms with Crippen molar-refractivity contribution in [3.8, 4) is 0 Å². The first-order valence-electron chi connectivity index (χ1n) is 4.25. The molecule has 0 amide bonds. The molecule has 2 N–H and O–H groups in total. The van der Waals surface area contributed by atoms with Gasteiger partial charge in [0, 0.05) is 12.7 Å². The summed E-state index contributed by atoms with van der Waals surface area (Å²) in [5.41, 5.74) is 0. The zero-order valence-electron chi connectivity index (χ0n) is 7.41. The van der Waals surface area contributed by atoms with E-state index in [1.54, 1.807) is 0 Å². The summed E-state index contributed by atoms with van der Waals surface area (Å²) in [4.78, 5) is 0. The van der Waals surface area contributed by atoms with Gasteiger partial charge in [-0.2, -0.15) is 0 Å². The Kier molecular flexibility index (Phi) is 6.98. The van der Waals surface area contributed by atoms with Crippen LogP contribution in [0.15, 0.2) is 0 Å². The Balaban J connectivity index is 2.97. The molecule has 0 spiro atoms. The van der Waals surface area contributed by atoms with Crippen LogP contribution in [0.2, 0.25) is 0 Å². The van der Waals surface area contributed by atoms with Crippen molar-refractivity contribution >= 4 is 0 Å². The second-order valence-corrected chi connectivity index (χ2v) is 2.67. The Labute approximate surface area is 64.4 Å². The molecule has 2 heteroatoms. The molecule has 62 valence electrons. The maximum atomic E-state index is 3.37. The zero-order chi connectivity index (χ0) is 7.82. The topological polar surface area (TPSA) is 24.1 Å². The van der Waals surface area contributed by atoms with Crippen LogP contribution in [0.25, 0.3) is 0 Å². The van der Waals surface area contributed by atoms with Gasteiger partial charge in [0.25, 0.3) is 0 Å². The van der Waals surface area contributed by atoms with Crippen LogP contribution >= 0.6 is 0 Å². The Bertz CT molecular complexity index is 64.3. The van der Waals surface area contributed by atoms with E-state index in [0.29, 0.717) is 6.04 Å². The van der Waals surface area contributed by atoms with Crippen LogP contribution in [0.3, 0.4) is 0 Å². The van der Waals surface area contributed by atoms with E-state index in [1.165, 1.54) is 12.8 Å². The molecule has 1 atom stereocenters. The van der Waals surface area contributed by atoms with E-state index < -0.39 is 0 Å². The van der Waals surface area contributed by atoms with Gasteiger partial charge in [0.15, 0.2) is 0 Å². The van der Waals surface area contributed by atoms with Gasteiger partial charge in [-0.1, -0.05) is 20.3 Å². The Morgan fingerprint density at radius 2 is 2.00 bits per heavy atom. The normalized spacial score (nSPS) is 13.5. The predicted molar refractivity (Wildman–Crippen MR) is 46.0 cm³/mol. The fourth-order valence-electron chi connectivity index (χ4n) is 0.906. The first kappa shape index (κ1) is 9.92. The van der Waals surface area contributed by atoms with Crippen molar-refractivity contribution in [3.63, 3.8) is 0 Å².